The molecular weight excluding hydrogens is 468 g/mol. The Morgan fingerprint density at radius 3 is 2.60 bits per heavy atom. The van der Waals surface area contributed by atoms with Gasteiger partial charge in [-0.25, -0.2) is 9.59 Å². The third kappa shape index (κ3) is 5.95. The van der Waals surface area contributed by atoms with Crippen molar-refractivity contribution in [3.8, 4) is 5.69 Å². The summed E-state index contributed by atoms with van der Waals surface area (Å²) >= 11 is 6.20. The Kier molecular flexibility index (Phi) is 7.03. The molecule has 0 spiro atoms. The minimum Gasteiger partial charge on any atom is -0.444 e. The summed E-state index contributed by atoms with van der Waals surface area (Å²) in [6.07, 6.45) is 1.97. The second-order valence-corrected chi connectivity index (χ2v) is 10.0. The van der Waals surface area contributed by atoms with Gasteiger partial charge in [0, 0.05) is 53.5 Å². The van der Waals surface area contributed by atoms with Crippen molar-refractivity contribution >= 4 is 34.6 Å². The van der Waals surface area contributed by atoms with Crippen molar-refractivity contribution in [2.45, 2.75) is 45.4 Å². The van der Waals surface area contributed by atoms with E-state index in [0.29, 0.717) is 41.0 Å². The topological polar surface area (TPSA) is 92.7 Å². The molecule has 0 bridgehead atoms. The van der Waals surface area contributed by atoms with Crippen LogP contribution in [0.1, 0.15) is 32.8 Å². The van der Waals surface area contributed by atoms with Crippen molar-refractivity contribution in [3.63, 3.8) is 0 Å². The lowest BCUT2D eigenvalue weighted by Gasteiger charge is -2.24. The van der Waals surface area contributed by atoms with Gasteiger partial charge in [-0.2, -0.15) is 0 Å². The number of para-hydroxylation sites is 1. The number of likely N-dealkylation sites (tertiary alicyclic amines) is 1. The summed E-state index contributed by atoms with van der Waals surface area (Å²) in [5, 5.41) is 6.71. The lowest BCUT2D eigenvalue weighted by molar-refractivity contribution is 0.0291. The van der Waals surface area contributed by atoms with Gasteiger partial charge in [-0.3, -0.25) is 4.79 Å². The summed E-state index contributed by atoms with van der Waals surface area (Å²) in [4.78, 5) is 39.5. The molecule has 1 atom stereocenters. The summed E-state index contributed by atoms with van der Waals surface area (Å²) in [5.74, 6) is 0. The first-order valence-corrected chi connectivity index (χ1v) is 11.9. The highest BCUT2D eigenvalue weighted by Crippen LogP contribution is 2.21. The van der Waals surface area contributed by atoms with E-state index in [2.05, 4.69) is 10.6 Å². The number of nitrogens with zero attached hydrogens (tertiary/aromatic N) is 2. The molecule has 2 heterocycles. The van der Waals surface area contributed by atoms with Gasteiger partial charge in [0.1, 0.15) is 5.60 Å². The van der Waals surface area contributed by atoms with Crippen LogP contribution in [0.25, 0.3) is 16.6 Å². The summed E-state index contributed by atoms with van der Waals surface area (Å²) < 4.78 is 7.29. The number of carbonyl (C=O) groups is 2. The number of hydrogen-bond donors (Lipinski definition) is 2. The number of halogens is 1. The average Bonchev–Trinajstić information content (AvgIpc) is 3.27. The van der Waals surface area contributed by atoms with Crippen LogP contribution in [-0.4, -0.2) is 46.3 Å². The third-order valence-corrected chi connectivity index (χ3v) is 5.92. The molecule has 35 heavy (non-hydrogen) atoms. The summed E-state index contributed by atoms with van der Waals surface area (Å²) in [5.41, 5.74) is 1.27. The first kappa shape index (κ1) is 24.6. The second-order valence-electron chi connectivity index (χ2n) is 9.59. The highest BCUT2D eigenvalue weighted by atomic mass is 35.5. The number of nitrogens with one attached hydrogen (secondary N) is 2. The molecule has 184 valence electrons. The third-order valence-electron chi connectivity index (χ3n) is 5.69. The first-order valence-electron chi connectivity index (χ1n) is 11.5. The minimum absolute atomic E-state index is 0.0541. The maximum absolute atomic E-state index is 13.1. The number of rotatable bonds is 4. The van der Waals surface area contributed by atoms with Crippen LogP contribution < -0.4 is 16.1 Å². The van der Waals surface area contributed by atoms with E-state index in [1.54, 1.807) is 29.3 Å². The standard InChI is InChI=1S/C26H29ClN4O4/c1-26(2,3)35-25(34)30-12-11-19(16-30)29-24(33)28-14-17-15-31(20-7-5-4-6-8-20)22-13-18(27)9-10-21(22)23(17)32/h4-10,13,15,19H,11-12,14,16H2,1-3H3,(H2,28,29,33). The Morgan fingerprint density at radius 1 is 1.14 bits per heavy atom. The molecule has 8 nitrogen and oxygen atoms in total. The van der Waals surface area contributed by atoms with E-state index < -0.39 is 11.6 Å². The Labute approximate surface area is 208 Å². The van der Waals surface area contributed by atoms with E-state index in [9.17, 15) is 14.4 Å². The van der Waals surface area contributed by atoms with Crippen molar-refractivity contribution in [3.05, 3.63) is 75.5 Å². The lowest BCUT2D eigenvalue weighted by atomic mass is 10.1. The molecule has 0 radical (unpaired) electrons. The monoisotopic (exact) mass is 496 g/mol. The van der Waals surface area contributed by atoms with Crippen molar-refractivity contribution in [1.29, 1.82) is 0 Å². The Bertz CT molecular complexity index is 1300. The van der Waals surface area contributed by atoms with E-state index in [1.807, 2.05) is 55.7 Å². The van der Waals surface area contributed by atoms with E-state index in [-0.39, 0.29) is 24.1 Å². The van der Waals surface area contributed by atoms with E-state index >= 15 is 0 Å². The summed E-state index contributed by atoms with van der Waals surface area (Å²) in [7, 11) is 0. The highest BCUT2D eigenvalue weighted by molar-refractivity contribution is 6.31. The number of pyridine rings is 1. The molecule has 1 saturated heterocycles. The van der Waals surface area contributed by atoms with Gasteiger partial charge in [0.2, 0.25) is 0 Å². The van der Waals surface area contributed by atoms with Gasteiger partial charge < -0.3 is 24.8 Å². The Hall–Kier alpha value is -3.52. The fraction of sp³-hybridized carbons (Fsp3) is 0.346. The van der Waals surface area contributed by atoms with E-state index in [4.69, 9.17) is 16.3 Å². The summed E-state index contributed by atoms with van der Waals surface area (Å²) in [6.45, 7) is 6.39. The normalized spacial score (nSPS) is 15.8. The maximum Gasteiger partial charge on any atom is 0.410 e. The largest absolute Gasteiger partial charge is 0.444 e. The van der Waals surface area contributed by atoms with Crippen LogP contribution in [0, 0.1) is 0 Å². The molecule has 0 saturated carbocycles. The summed E-state index contributed by atoms with van der Waals surface area (Å²) in [6, 6.07) is 14.2. The zero-order chi connectivity index (χ0) is 25.2. The van der Waals surface area contributed by atoms with Crippen LogP contribution in [0.2, 0.25) is 5.02 Å². The molecule has 1 aliphatic heterocycles. The molecule has 1 aliphatic rings. The maximum atomic E-state index is 13.1. The van der Waals surface area contributed by atoms with Gasteiger partial charge in [0.15, 0.2) is 5.43 Å². The second kappa shape index (κ2) is 10.00. The molecule has 0 aliphatic carbocycles. The lowest BCUT2D eigenvalue weighted by Crippen LogP contribution is -2.44. The molecule has 1 aromatic heterocycles. The van der Waals surface area contributed by atoms with Gasteiger partial charge >= 0.3 is 12.1 Å². The molecular formula is C26H29ClN4O4. The van der Waals surface area contributed by atoms with Crippen LogP contribution >= 0.6 is 11.6 Å². The fourth-order valence-corrected chi connectivity index (χ4v) is 4.23. The first-order chi connectivity index (χ1) is 16.6. The molecule has 3 aromatic rings. The number of ether oxygens (including phenoxy) is 1. The van der Waals surface area contributed by atoms with Crippen LogP contribution in [0.5, 0.6) is 0 Å². The SMILES string of the molecule is CC(C)(C)OC(=O)N1CCC(NC(=O)NCc2cn(-c3ccccc3)c3cc(Cl)ccc3c2=O)C1. The fourth-order valence-electron chi connectivity index (χ4n) is 4.06. The van der Waals surface area contributed by atoms with Gasteiger partial charge in [0.25, 0.3) is 0 Å². The Morgan fingerprint density at radius 2 is 1.89 bits per heavy atom. The molecule has 3 amide bonds. The van der Waals surface area contributed by atoms with Crippen molar-refractivity contribution < 1.29 is 14.3 Å². The number of amides is 3. The van der Waals surface area contributed by atoms with Crippen molar-refractivity contribution in [1.82, 2.24) is 20.1 Å². The average molecular weight is 497 g/mol. The van der Waals surface area contributed by atoms with Crippen LogP contribution in [0.4, 0.5) is 9.59 Å². The number of urea groups is 1. The van der Waals surface area contributed by atoms with Crippen LogP contribution in [-0.2, 0) is 11.3 Å². The van der Waals surface area contributed by atoms with Gasteiger partial charge in [0.05, 0.1) is 5.52 Å². The minimum atomic E-state index is -0.572. The predicted octanol–water partition coefficient (Wildman–Crippen LogP) is 4.45. The van der Waals surface area contributed by atoms with E-state index in [0.717, 1.165) is 5.69 Å². The molecule has 1 unspecified atom stereocenters. The number of hydrogen-bond acceptors (Lipinski definition) is 4. The molecule has 9 heteroatoms. The number of carbonyl (C=O) groups excluding carboxylic acids is 2. The Balaban J connectivity index is 1.45. The number of aromatic nitrogens is 1. The van der Waals surface area contributed by atoms with E-state index in [1.165, 1.54) is 0 Å². The van der Waals surface area contributed by atoms with Crippen molar-refractivity contribution in [2.75, 3.05) is 13.1 Å². The van der Waals surface area contributed by atoms with Crippen LogP contribution in [0.3, 0.4) is 0 Å². The zero-order valence-corrected chi connectivity index (χ0v) is 20.8. The predicted molar refractivity (Wildman–Crippen MR) is 136 cm³/mol. The highest BCUT2D eigenvalue weighted by Gasteiger charge is 2.30. The molecule has 2 N–H and O–H groups in total. The zero-order valence-electron chi connectivity index (χ0n) is 20.0. The smallest absolute Gasteiger partial charge is 0.410 e. The quantitative estimate of drug-likeness (QED) is 0.558. The number of fused-ring (bicyclic) bond motifs is 1. The van der Waals surface area contributed by atoms with Gasteiger partial charge in [-0.15, -0.1) is 0 Å². The van der Waals surface area contributed by atoms with Gasteiger partial charge in [-0.05, 0) is 57.5 Å². The van der Waals surface area contributed by atoms with Gasteiger partial charge in [-0.1, -0.05) is 29.8 Å². The number of benzene rings is 2. The molecule has 4 rings (SSSR count). The molecule has 2 aromatic carbocycles. The van der Waals surface area contributed by atoms with Crippen molar-refractivity contribution in [2.24, 2.45) is 0 Å². The van der Waals surface area contributed by atoms with Crippen LogP contribution in [0.15, 0.2) is 59.5 Å². The molecule has 1 fully saturated rings.